The highest BCUT2D eigenvalue weighted by Crippen LogP contribution is 2.46. The Balaban J connectivity index is 1.08. The first-order valence-electron chi connectivity index (χ1n) is 19.8. The van der Waals surface area contributed by atoms with Crippen LogP contribution in [0.2, 0.25) is 0 Å². The molecule has 0 aliphatic carbocycles. The van der Waals surface area contributed by atoms with E-state index in [-0.39, 0.29) is 0 Å². The fraction of sp³-hybridized carbons (Fsp3) is 0. The lowest BCUT2D eigenvalue weighted by molar-refractivity contribution is 1.30. The van der Waals surface area contributed by atoms with Gasteiger partial charge in [0.25, 0.3) is 0 Å². The van der Waals surface area contributed by atoms with Crippen molar-refractivity contribution in [1.29, 1.82) is 0 Å². The molecule has 0 atom stereocenters. The van der Waals surface area contributed by atoms with Gasteiger partial charge in [-0.25, -0.2) is 0 Å². The van der Waals surface area contributed by atoms with Crippen molar-refractivity contribution < 1.29 is 0 Å². The fourth-order valence-corrected chi connectivity index (χ4v) is 9.79. The van der Waals surface area contributed by atoms with E-state index in [9.17, 15) is 0 Å². The fourth-order valence-electron chi connectivity index (χ4n) is 8.58. The second-order valence-electron chi connectivity index (χ2n) is 14.9. The van der Waals surface area contributed by atoms with Crippen molar-refractivity contribution in [2.24, 2.45) is 0 Å². The summed E-state index contributed by atoms with van der Waals surface area (Å²) in [5.41, 5.74) is 13.1. The number of benzene rings is 10. The molecule has 11 rings (SSSR count). The van der Waals surface area contributed by atoms with Crippen molar-refractivity contribution in [2.75, 3.05) is 4.90 Å². The maximum Gasteiger partial charge on any atom is 0.0640 e. The molecule has 1 nitrogen and oxygen atoms in total. The molecule has 1 aromatic heterocycles. The Morgan fingerprint density at radius 2 is 0.793 bits per heavy atom. The molecule has 0 N–H and O–H groups in total. The van der Waals surface area contributed by atoms with Crippen molar-refractivity contribution in [2.45, 2.75) is 0 Å². The first kappa shape index (κ1) is 34.0. The van der Waals surface area contributed by atoms with Gasteiger partial charge in [-0.3, -0.25) is 0 Å². The van der Waals surface area contributed by atoms with Gasteiger partial charge in [0.1, 0.15) is 0 Å². The summed E-state index contributed by atoms with van der Waals surface area (Å²) in [6.45, 7) is 0. The van der Waals surface area contributed by atoms with Gasteiger partial charge in [0.15, 0.2) is 0 Å². The van der Waals surface area contributed by atoms with Crippen LogP contribution in [-0.4, -0.2) is 0 Å². The van der Waals surface area contributed by atoms with E-state index in [1.165, 1.54) is 91.9 Å². The predicted molar refractivity (Wildman–Crippen MR) is 251 cm³/mol. The summed E-state index contributed by atoms with van der Waals surface area (Å²) < 4.78 is 2.58. The third kappa shape index (κ3) is 6.03. The summed E-state index contributed by atoms with van der Waals surface area (Å²) in [7, 11) is 0. The maximum atomic E-state index is 2.43. The molecule has 0 bridgehead atoms. The van der Waals surface area contributed by atoms with E-state index in [2.05, 4.69) is 229 Å². The Hall–Kier alpha value is -7.26. The van der Waals surface area contributed by atoms with Gasteiger partial charge in [0.2, 0.25) is 0 Å². The molecule has 1 heterocycles. The van der Waals surface area contributed by atoms with Gasteiger partial charge in [0, 0.05) is 26.8 Å². The minimum Gasteiger partial charge on any atom is -0.309 e. The van der Waals surface area contributed by atoms with Gasteiger partial charge < -0.3 is 4.90 Å². The summed E-state index contributed by atoms with van der Waals surface area (Å²) in [5.74, 6) is 0. The van der Waals surface area contributed by atoms with E-state index >= 15 is 0 Å². The van der Waals surface area contributed by atoms with Crippen LogP contribution in [0, 0.1) is 0 Å². The topological polar surface area (TPSA) is 3.24 Å². The minimum atomic E-state index is 1.11. The summed E-state index contributed by atoms with van der Waals surface area (Å²) in [6, 6.07) is 81.9. The van der Waals surface area contributed by atoms with E-state index in [0.717, 1.165) is 11.4 Å². The first-order chi connectivity index (χ1) is 28.7. The average molecular weight is 756 g/mol. The van der Waals surface area contributed by atoms with Gasteiger partial charge in [-0.2, -0.15) is 0 Å². The van der Waals surface area contributed by atoms with E-state index < -0.39 is 0 Å². The van der Waals surface area contributed by atoms with Crippen molar-refractivity contribution in [3.05, 3.63) is 224 Å². The second kappa shape index (κ2) is 14.4. The van der Waals surface area contributed by atoms with Crippen LogP contribution in [0.5, 0.6) is 0 Å². The zero-order chi connectivity index (χ0) is 38.4. The van der Waals surface area contributed by atoms with Gasteiger partial charge in [-0.1, -0.05) is 170 Å². The summed E-state index contributed by atoms with van der Waals surface area (Å²) >= 11 is 1.87. The van der Waals surface area contributed by atoms with Crippen LogP contribution in [0.3, 0.4) is 0 Å². The van der Waals surface area contributed by atoms with Crippen LogP contribution in [0.1, 0.15) is 0 Å². The molecule has 0 unspecified atom stereocenters. The molecular weight excluding hydrogens is 719 g/mol. The molecule has 0 fully saturated rings. The van der Waals surface area contributed by atoms with Crippen LogP contribution >= 0.6 is 11.3 Å². The van der Waals surface area contributed by atoms with Gasteiger partial charge in [0.05, 0.1) is 10.4 Å². The largest absolute Gasteiger partial charge is 0.309 e. The van der Waals surface area contributed by atoms with Crippen molar-refractivity contribution >= 4 is 70.1 Å². The molecule has 0 saturated heterocycles. The Morgan fingerprint density at radius 3 is 1.45 bits per heavy atom. The van der Waals surface area contributed by atoms with E-state index in [1.54, 1.807) is 0 Å². The Bertz CT molecular complexity index is 3240. The highest BCUT2D eigenvalue weighted by Gasteiger charge is 2.19. The van der Waals surface area contributed by atoms with E-state index in [1.807, 2.05) is 11.3 Å². The molecule has 0 radical (unpaired) electrons. The molecule has 272 valence electrons. The molecular formula is C56H37NS. The van der Waals surface area contributed by atoms with Gasteiger partial charge in [-0.05, 0) is 121 Å². The van der Waals surface area contributed by atoms with Crippen LogP contribution in [0.15, 0.2) is 224 Å². The number of fused-ring (bicyclic) bond motifs is 6. The van der Waals surface area contributed by atoms with Crippen molar-refractivity contribution in [3.63, 3.8) is 0 Å². The molecule has 0 amide bonds. The normalized spacial score (nSPS) is 11.4. The third-order valence-electron chi connectivity index (χ3n) is 11.5. The lowest BCUT2D eigenvalue weighted by atomic mass is 9.89. The molecule has 0 saturated carbocycles. The lowest BCUT2D eigenvalue weighted by Gasteiger charge is -2.26. The van der Waals surface area contributed by atoms with Crippen LogP contribution in [-0.2, 0) is 0 Å². The number of nitrogens with zero attached hydrogens (tertiary/aromatic N) is 1. The average Bonchev–Trinajstić information content (AvgIpc) is 3.69. The van der Waals surface area contributed by atoms with Crippen molar-refractivity contribution in [3.8, 4) is 44.5 Å². The van der Waals surface area contributed by atoms with Gasteiger partial charge in [-0.15, -0.1) is 11.3 Å². The Morgan fingerprint density at radius 1 is 0.293 bits per heavy atom. The molecule has 58 heavy (non-hydrogen) atoms. The monoisotopic (exact) mass is 755 g/mol. The number of thiophene rings is 1. The molecule has 0 aliphatic rings. The number of hydrogen-bond donors (Lipinski definition) is 0. The SMILES string of the molecule is c1ccc(-c2ccc(N(c3ccc(-c4cc5cc(-c6ccccc6)ccc5c5ccc(-c6ccccc6)cc45)cc3)c3cccc4c3sc3ccccc34)cc2)cc1. The van der Waals surface area contributed by atoms with E-state index in [4.69, 9.17) is 0 Å². The van der Waals surface area contributed by atoms with Crippen molar-refractivity contribution in [1.82, 2.24) is 0 Å². The zero-order valence-electron chi connectivity index (χ0n) is 31.7. The molecule has 2 heteroatoms. The smallest absolute Gasteiger partial charge is 0.0640 e. The first-order valence-corrected chi connectivity index (χ1v) is 20.6. The highest BCUT2D eigenvalue weighted by molar-refractivity contribution is 7.26. The molecule has 10 aromatic carbocycles. The summed E-state index contributed by atoms with van der Waals surface area (Å²) in [5, 5.41) is 7.58. The standard InChI is InChI=1S/C56H37NS/c1-4-13-38(14-5-1)41-23-29-46(30-24-41)57(54-21-12-20-51-50-19-10-11-22-55(50)58-56(51)54)47-31-25-42(26-32-47)52-37-45-35-43(39-15-6-2-7-16-39)27-33-48(45)49-34-28-44(36-53(49)52)40-17-8-3-9-18-40/h1-37H. The molecule has 0 aliphatic heterocycles. The molecule has 11 aromatic rings. The van der Waals surface area contributed by atoms with Crippen LogP contribution in [0.4, 0.5) is 17.1 Å². The number of anilines is 3. The second-order valence-corrected chi connectivity index (χ2v) is 16.0. The number of rotatable bonds is 7. The maximum absolute atomic E-state index is 2.43. The Kier molecular flexibility index (Phi) is 8.42. The zero-order valence-corrected chi connectivity index (χ0v) is 32.5. The van der Waals surface area contributed by atoms with Crippen LogP contribution in [0.25, 0.3) is 86.2 Å². The predicted octanol–water partition coefficient (Wildman–Crippen LogP) is 16.5. The minimum absolute atomic E-state index is 1.11. The van der Waals surface area contributed by atoms with Gasteiger partial charge >= 0.3 is 0 Å². The quantitative estimate of drug-likeness (QED) is 0.146. The number of hydrogen-bond acceptors (Lipinski definition) is 2. The van der Waals surface area contributed by atoms with Crippen LogP contribution < -0.4 is 4.90 Å². The summed E-state index contributed by atoms with van der Waals surface area (Å²) in [4.78, 5) is 2.43. The highest BCUT2D eigenvalue weighted by atomic mass is 32.1. The Labute approximate surface area is 342 Å². The summed E-state index contributed by atoms with van der Waals surface area (Å²) in [6.07, 6.45) is 0. The lowest BCUT2D eigenvalue weighted by Crippen LogP contribution is -2.10. The molecule has 0 spiro atoms. The third-order valence-corrected chi connectivity index (χ3v) is 12.7. The van der Waals surface area contributed by atoms with E-state index in [0.29, 0.717) is 0 Å².